The van der Waals surface area contributed by atoms with Crippen LogP contribution in [0.2, 0.25) is 0 Å². The smallest absolute Gasteiger partial charge is 0.313 e. The maximum atomic E-state index is 12.4. The van der Waals surface area contributed by atoms with Gasteiger partial charge in [0, 0.05) is 12.6 Å². The molecule has 0 radical (unpaired) electrons. The highest BCUT2D eigenvalue weighted by molar-refractivity contribution is 4.82. The van der Waals surface area contributed by atoms with Crippen molar-refractivity contribution < 1.29 is 13.2 Å². The first-order chi connectivity index (χ1) is 6.93. The van der Waals surface area contributed by atoms with Crippen LogP contribution < -0.4 is 5.32 Å². The lowest BCUT2D eigenvalue weighted by Gasteiger charge is -2.32. The number of hydrogen-bond donors (Lipinski definition) is 1. The molecule has 90 valence electrons. The first-order valence-electron chi connectivity index (χ1n) is 5.73. The van der Waals surface area contributed by atoms with Gasteiger partial charge in [0.15, 0.2) is 0 Å². The highest BCUT2D eigenvalue weighted by Crippen LogP contribution is 2.32. The summed E-state index contributed by atoms with van der Waals surface area (Å²) in [6, 6.07) is 0.290. The van der Waals surface area contributed by atoms with E-state index in [-0.39, 0.29) is 13.0 Å². The van der Waals surface area contributed by atoms with E-state index in [0.29, 0.717) is 18.4 Å². The van der Waals surface area contributed by atoms with Crippen LogP contribution in [0.1, 0.15) is 39.5 Å². The Kier molecular flexibility index (Phi) is 4.44. The zero-order valence-electron chi connectivity index (χ0n) is 9.40. The Morgan fingerprint density at radius 1 is 1.33 bits per heavy atom. The van der Waals surface area contributed by atoms with Crippen LogP contribution >= 0.6 is 0 Å². The van der Waals surface area contributed by atoms with E-state index in [9.17, 15) is 13.2 Å². The molecule has 0 aromatic carbocycles. The molecule has 3 atom stereocenters. The Bertz CT molecular complexity index is 183. The molecule has 1 aliphatic heterocycles. The number of rotatable bonds is 3. The van der Waals surface area contributed by atoms with Gasteiger partial charge in [-0.15, -0.1) is 0 Å². The van der Waals surface area contributed by atoms with Gasteiger partial charge < -0.3 is 5.32 Å². The van der Waals surface area contributed by atoms with E-state index in [0.717, 1.165) is 12.8 Å². The molecule has 0 spiro atoms. The van der Waals surface area contributed by atoms with Crippen molar-refractivity contribution in [1.82, 2.24) is 5.32 Å². The summed E-state index contributed by atoms with van der Waals surface area (Å²) in [5.74, 6) is -0.532. The molecule has 0 amide bonds. The molecule has 15 heavy (non-hydrogen) atoms. The van der Waals surface area contributed by atoms with Gasteiger partial charge in [-0.1, -0.05) is 20.3 Å². The topological polar surface area (TPSA) is 12.0 Å². The molecule has 0 saturated carbocycles. The van der Waals surface area contributed by atoms with Crippen molar-refractivity contribution in [1.29, 1.82) is 0 Å². The summed E-state index contributed by atoms with van der Waals surface area (Å²) < 4.78 is 37.1. The number of alkyl halides is 3. The van der Waals surface area contributed by atoms with E-state index in [4.69, 9.17) is 0 Å². The molecule has 1 nitrogen and oxygen atoms in total. The molecule has 4 heteroatoms. The largest absolute Gasteiger partial charge is 0.393 e. The van der Waals surface area contributed by atoms with Gasteiger partial charge in [0.2, 0.25) is 0 Å². The van der Waals surface area contributed by atoms with Crippen LogP contribution in [0.15, 0.2) is 0 Å². The minimum atomic E-state index is -4.02. The van der Waals surface area contributed by atoms with E-state index < -0.39 is 12.1 Å². The highest BCUT2D eigenvalue weighted by Gasteiger charge is 2.41. The van der Waals surface area contributed by atoms with Gasteiger partial charge in [-0.3, -0.25) is 0 Å². The summed E-state index contributed by atoms with van der Waals surface area (Å²) in [6.07, 6.45) is -0.970. The first kappa shape index (κ1) is 12.8. The van der Waals surface area contributed by atoms with Gasteiger partial charge in [0.05, 0.1) is 5.92 Å². The third kappa shape index (κ3) is 4.01. The number of nitrogens with one attached hydrogen (secondary N) is 1. The normalized spacial score (nSPS) is 30.2. The van der Waals surface area contributed by atoms with Crippen LogP contribution in [0.3, 0.4) is 0 Å². The van der Waals surface area contributed by atoms with Crippen molar-refractivity contribution in [2.75, 3.05) is 6.54 Å². The van der Waals surface area contributed by atoms with Crippen molar-refractivity contribution in [2.24, 2.45) is 11.8 Å². The molecule has 1 aliphatic rings. The zero-order valence-corrected chi connectivity index (χ0v) is 9.40. The SMILES string of the molecule is CCC(C)CC1CCC(C(F)(F)F)CN1. The molecule has 0 aromatic heterocycles. The van der Waals surface area contributed by atoms with E-state index in [1.807, 2.05) is 0 Å². The second-order valence-electron chi connectivity index (χ2n) is 4.67. The zero-order chi connectivity index (χ0) is 11.5. The Hall–Kier alpha value is -0.250. The van der Waals surface area contributed by atoms with Crippen molar-refractivity contribution in [3.63, 3.8) is 0 Å². The van der Waals surface area contributed by atoms with E-state index >= 15 is 0 Å². The Labute approximate surface area is 89.4 Å². The maximum Gasteiger partial charge on any atom is 0.393 e. The molecular formula is C11H20F3N. The molecule has 1 fully saturated rings. The Morgan fingerprint density at radius 2 is 2.00 bits per heavy atom. The second kappa shape index (κ2) is 5.19. The fourth-order valence-electron chi connectivity index (χ4n) is 2.05. The first-order valence-corrected chi connectivity index (χ1v) is 5.73. The fraction of sp³-hybridized carbons (Fsp3) is 1.00. The lowest BCUT2D eigenvalue weighted by Crippen LogP contribution is -2.44. The number of piperidine rings is 1. The van der Waals surface area contributed by atoms with Crippen LogP contribution in [-0.2, 0) is 0 Å². The van der Waals surface area contributed by atoms with Crippen molar-refractivity contribution in [3.05, 3.63) is 0 Å². The summed E-state index contributed by atoms with van der Waals surface area (Å²) in [4.78, 5) is 0. The van der Waals surface area contributed by atoms with Gasteiger partial charge in [0.25, 0.3) is 0 Å². The third-order valence-electron chi connectivity index (χ3n) is 3.36. The summed E-state index contributed by atoms with van der Waals surface area (Å²) >= 11 is 0. The third-order valence-corrected chi connectivity index (χ3v) is 3.36. The van der Waals surface area contributed by atoms with Crippen LogP contribution in [0, 0.1) is 11.8 Å². The maximum absolute atomic E-state index is 12.4. The molecule has 3 unspecified atom stereocenters. The molecule has 1 rings (SSSR count). The monoisotopic (exact) mass is 223 g/mol. The molecule has 1 N–H and O–H groups in total. The summed E-state index contributed by atoms with van der Waals surface area (Å²) in [5, 5.41) is 3.02. The minimum Gasteiger partial charge on any atom is -0.313 e. The quantitative estimate of drug-likeness (QED) is 0.773. The molecule has 0 bridgehead atoms. The van der Waals surface area contributed by atoms with Crippen LogP contribution in [-0.4, -0.2) is 18.8 Å². The minimum absolute atomic E-state index is 0.102. The predicted molar refractivity (Wildman–Crippen MR) is 54.6 cm³/mol. The second-order valence-corrected chi connectivity index (χ2v) is 4.67. The van der Waals surface area contributed by atoms with E-state index in [1.54, 1.807) is 0 Å². The lowest BCUT2D eigenvalue weighted by atomic mass is 9.89. The molecule has 0 aliphatic carbocycles. The van der Waals surface area contributed by atoms with Crippen LogP contribution in [0.4, 0.5) is 13.2 Å². The van der Waals surface area contributed by atoms with Gasteiger partial charge in [-0.25, -0.2) is 0 Å². The summed E-state index contributed by atoms with van der Waals surface area (Å²) in [7, 11) is 0. The van der Waals surface area contributed by atoms with Crippen molar-refractivity contribution in [3.8, 4) is 0 Å². The van der Waals surface area contributed by atoms with E-state index in [2.05, 4.69) is 19.2 Å². The summed E-state index contributed by atoms with van der Waals surface area (Å²) in [6.45, 7) is 4.37. The van der Waals surface area contributed by atoms with Gasteiger partial charge >= 0.3 is 6.18 Å². The lowest BCUT2D eigenvalue weighted by molar-refractivity contribution is -0.179. The van der Waals surface area contributed by atoms with Gasteiger partial charge in [-0.05, 0) is 25.2 Å². The van der Waals surface area contributed by atoms with Crippen LogP contribution in [0.25, 0.3) is 0 Å². The van der Waals surface area contributed by atoms with Gasteiger partial charge in [-0.2, -0.15) is 13.2 Å². The van der Waals surface area contributed by atoms with Crippen LogP contribution in [0.5, 0.6) is 0 Å². The van der Waals surface area contributed by atoms with E-state index in [1.165, 1.54) is 0 Å². The predicted octanol–water partition coefficient (Wildman–Crippen LogP) is 3.35. The average Bonchev–Trinajstić information content (AvgIpc) is 2.17. The highest BCUT2D eigenvalue weighted by atomic mass is 19.4. The number of hydrogen-bond acceptors (Lipinski definition) is 1. The molecule has 0 aromatic rings. The summed E-state index contributed by atoms with van der Waals surface area (Å²) in [5.41, 5.74) is 0. The molecule has 1 heterocycles. The number of halogens is 3. The van der Waals surface area contributed by atoms with Crippen molar-refractivity contribution >= 4 is 0 Å². The Balaban J connectivity index is 2.30. The van der Waals surface area contributed by atoms with Gasteiger partial charge in [0.1, 0.15) is 0 Å². The van der Waals surface area contributed by atoms with Crippen molar-refractivity contribution in [2.45, 2.75) is 51.7 Å². The fourth-order valence-corrected chi connectivity index (χ4v) is 2.05. The standard InChI is InChI=1S/C11H20F3N/c1-3-8(2)6-10-5-4-9(7-15-10)11(12,13)14/h8-10,15H,3-7H2,1-2H3. The molecule has 1 saturated heterocycles. The molecular weight excluding hydrogens is 203 g/mol. The average molecular weight is 223 g/mol. The Morgan fingerprint density at radius 3 is 2.40 bits per heavy atom.